The van der Waals surface area contributed by atoms with E-state index in [4.69, 9.17) is 5.11 Å². The molecule has 4 rings (SSSR count). The van der Waals surface area contributed by atoms with E-state index < -0.39 is 5.97 Å². The van der Waals surface area contributed by atoms with E-state index in [9.17, 15) is 9.59 Å². The monoisotopic (exact) mass is 339 g/mol. The first-order chi connectivity index (χ1) is 12.1. The first-order valence-electron chi connectivity index (χ1n) is 8.66. The molecule has 1 aromatic heterocycles. The number of carbonyl (C=O) groups excluding carboxylic acids is 1. The van der Waals surface area contributed by atoms with E-state index in [1.165, 1.54) is 0 Å². The molecule has 1 saturated heterocycles. The van der Waals surface area contributed by atoms with Crippen LogP contribution in [0.5, 0.6) is 0 Å². The zero-order valence-corrected chi connectivity index (χ0v) is 14.0. The summed E-state index contributed by atoms with van der Waals surface area (Å²) >= 11 is 0. The Morgan fingerprint density at radius 2 is 1.92 bits per heavy atom. The van der Waals surface area contributed by atoms with Gasteiger partial charge in [-0.3, -0.25) is 14.3 Å². The van der Waals surface area contributed by atoms with Crippen LogP contribution in [0.4, 0.5) is 0 Å². The summed E-state index contributed by atoms with van der Waals surface area (Å²) in [7, 11) is 0. The van der Waals surface area contributed by atoms with Gasteiger partial charge in [-0.2, -0.15) is 5.10 Å². The second kappa shape index (κ2) is 6.02. The van der Waals surface area contributed by atoms with Crippen molar-refractivity contribution in [1.29, 1.82) is 0 Å². The molecule has 130 valence electrons. The molecular weight excluding hydrogens is 318 g/mol. The molecule has 6 nitrogen and oxygen atoms in total. The second-order valence-electron chi connectivity index (χ2n) is 7.15. The Kier molecular flexibility index (Phi) is 3.82. The van der Waals surface area contributed by atoms with Gasteiger partial charge >= 0.3 is 5.97 Å². The van der Waals surface area contributed by atoms with Gasteiger partial charge < -0.3 is 10.0 Å². The first kappa shape index (κ1) is 15.9. The van der Waals surface area contributed by atoms with Crippen molar-refractivity contribution in [2.24, 2.45) is 11.3 Å². The quantitative estimate of drug-likeness (QED) is 0.927. The minimum atomic E-state index is -0.687. The predicted octanol–water partition coefficient (Wildman–Crippen LogP) is 2.26. The van der Waals surface area contributed by atoms with Crippen LogP contribution in [0.2, 0.25) is 0 Å². The number of carbonyl (C=O) groups is 2. The molecule has 0 radical (unpaired) electrons. The van der Waals surface area contributed by atoms with Crippen LogP contribution in [0.1, 0.15) is 35.2 Å². The molecular formula is C19H21N3O3. The lowest BCUT2D eigenvalue weighted by Gasteiger charge is -2.32. The molecule has 2 fully saturated rings. The van der Waals surface area contributed by atoms with Crippen molar-refractivity contribution in [1.82, 2.24) is 14.7 Å². The number of rotatable bonds is 4. The minimum Gasteiger partial charge on any atom is -0.481 e. The highest BCUT2D eigenvalue weighted by Crippen LogP contribution is 2.59. The molecule has 1 amide bonds. The molecule has 1 spiro atoms. The fourth-order valence-electron chi connectivity index (χ4n) is 3.92. The molecule has 1 N–H and O–H groups in total. The van der Waals surface area contributed by atoms with Crippen molar-refractivity contribution in [3.05, 3.63) is 53.9 Å². The van der Waals surface area contributed by atoms with Gasteiger partial charge in [0.15, 0.2) is 0 Å². The molecule has 0 bridgehead atoms. The average molecular weight is 339 g/mol. The number of benzene rings is 1. The van der Waals surface area contributed by atoms with Gasteiger partial charge in [-0.15, -0.1) is 0 Å². The predicted molar refractivity (Wildman–Crippen MR) is 91.1 cm³/mol. The SMILES string of the molecule is O=C(O)C1CC12CCN(C(=O)c1ccc(Cn3cccn3)cc1)CC2. The Balaban J connectivity index is 1.36. The van der Waals surface area contributed by atoms with E-state index in [1.54, 1.807) is 6.20 Å². The number of carboxylic acids is 1. The Bertz CT molecular complexity index is 775. The van der Waals surface area contributed by atoms with Crippen LogP contribution in [-0.2, 0) is 11.3 Å². The maximum absolute atomic E-state index is 12.7. The molecule has 1 aromatic carbocycles. The van der Waals surface area contributed by atoms with Gasteiger partial charge in [0.2, 0.25) is 0 Å². The largest absolute Gasteiger partial charge is 0.481 e. The van der Waals surface area contributed by atoms with E-state index >= 15 is 0 Å². The highest BCUT2D eigenvalue weighted by molar-refractivity contribution is 5.94. The van der Waals surface area contributed by atoms with Crippen molar-refractivity contribution in [2.75, 3.05) is 13.1 Å². The van der Waals surface area contributed by atoms with Gasteiger partial charge in [0, 0.05) is 31.0 Å². The van der Waals surface area contributed by atoms with E-state index in [2.05, 4.69) is 5.10 Å². The first-order valence-corrected chi connectivity index (χ1v) is 8.66. The van der Waals surface area contributed by atoms with Gasteiger partial charge in [0.1, 0.15) is 0 Å². The molecule has 25 heavy (non-hydrogen) atoms. The van der Waals surface area contributed by atoms with E-state index in [0.29, 0.717) is 25.2 Å². The Hall–Kier alpha value is -2.63. The van der Waals surface area contributed by atoms with E-state index in [0.717, 1.165) is 24.8 Å². The summed E-state index contributed by atoms with van der Waals surface area (Å²) in [5, 5.41) is 13.3. The Morgan fingerprint density at radius 1 is 1.20 bits per heavy atom. The van der Waals surface area contributed by atoms with Crippen LogP contribution in [0, 0.1) is 11.3 Å². The number of amides is 1. The maximum Gasteiger partial charge on any atom is 0.307 e. The van der Waals surface area contributed by atoms with Crippen LogP contribution in [0.25, 0.3) is 0 Å². The van der Waals surface area contributed by atoms with Gasteiger partial charge in [-0.25, -0.2) is 0 Å². The van der Waals surface area contributed by atoms with Crippen molar-refractivity contribution in [3.8, 4) is 0 Å². The molecule has 2 aliphatic rings. The summed E-state index contributed by atoms with van der Waals surface area (Å²) in [4.78, 5) is 25.6. The number of aliphatic carboxylic acids is 1. The molecule has 1 aliphatic carbocycles. The molecule has 2 heterocycles. The van der Waals surface area contributed by atoms with E-state index in [-0.39, 0.29) is 17.2 Å². The zero-order chi connectivity index (χ0) is 17.4. The third-order valence-corrected chi connectivity index (χ3v) is 5.64. The summed E-state index contributed by atoms with van der Waals surface area (Å²) < 4.78 is 1.84. The fraction of sp³-hybridized carbons (Fsp3) is 0.421. The number of carboxylic acid groups (broad SMARTS) is 1. The topological polar surface area (TPSA) is 75.4 Å². The lowest BCUT2D eigenvalue weighted by Crippen LogP contribution is -2.40. The number of likely N-dealkylation sites (tertiary alicyclic amines) is 1. The van der Waals surface area contributed by atoms with Gasteiger partial charge in [-0.05, 0) is 48.4 Å². The van der Waals surface area contributed by atoms with Crippen LogP contribution in [0.3, 0.4) is 0 Å². The van der Waals surface area contributed by atoms with Crippen molar-refractivity contribution >= 4 is 11.9 Å². The number of piperidine rings is 1. The highest BCUT2D eigenvalue weighted by Gasteiger charge is 2.59. The zero-order valence-electron chi connectivity index (χ0n) is 14.0. The molecule has 1 unspecified atom stereocenters. The van der Waals surface area contributed by atoms with Gasteiger partial charge in [-0.1, -0.05) is 12.1 Å². The maximum atomic E-state index is 12.7. The minimum absolute atomic E-state index is 0.0352. The van der Waals surface area contributed by atoms with Crippen LogP contribution < -0.4 is 0 Å². The molecule has 1 aliphatic heterocycles. The smallest absolute Gasteiger partial charge is 0.307 e. The Morgan fingerprint density at radius 3 is 2.48 bits per heavy atom. The van der Waals surface area contributed by atoms with Crippen molar-refractivity contribution in [3.63, 3.8) is 0 Å². The van der Waals surface area contributed by atoms with Crippen LogP contribution in [0.15, 0.2) is 42.7 Å². The summed E-state index contributed by atoms with van der Waals surface area (Å²) in [6, 6.07) is 9.53. The van der Waals surface area contributed by atoms with Gasteiger partial charge in [0.25, 0.3) is 5.91 Å². The summed E-state index contributed by atoms with van der Waals surface area (Å²) in [6.45, 7) is 1.99. The lowest BCUT2D eigenvalue weighted by molar-refractivity contribution is -0.139. The van der Waals surface area contributed by atoms with Crippen molar-refractivity contribution < 1.29 is 14.7 Å². The second-order valence-corrected chi connectivity index (χ2v) is 7.15. The standard InChI is InChI=1S/C19H21N3O3/c23-17(21-10-6-19(7-11-21)12-16(19)18(24)25)15-4-2-14(3-5-15)13-22-9-1-8-20-22/h1-5,8-9,16H,6-7,10-13H2,(H,24,25). The highest BCUT2D eigenvalue weighted by atomic mass is 16.4. The number of hydrogen-bond donors (Lipinski definition) is 1. The van der Waals surface area contributed by atoms with Crippen molar-refractivity contribution in [2.45, 2.75) is 25.8 Å². The molecule has 1 saturated carbocycles. The summed E-state index contributed by atoms with van der Waals surface area (Å²) in [5.74, 6) is -0.855. The van der Waals surface area contributed by atoms with Crippen LogP contribution in [-0.4, -0.2) is 44.8 Å². The average Bonchev–Trinajstić information content (AvgIpc) is 3.08. The fourth-order valence-corrected chi connectivity index (χ4v) is 3.92. The summed E-state index contributed by atoms with van der Waals surface area (Å²) in [6.07, 6.45) is 6.02. The molecule has 2 aromatic rings. The van der Waals surface area contributed by atoms with Crippen LogP contribution >= 0.6 is 0 Å². The Labute approximate surface area is 146 Å². The molecule has 1 atom stereocenters. The lowest BCUT2D eigenvalue weighted by atomic mass is 9.90. The number of aromatic nitrogens is 2. The third-order valence-electron chi connectivity index (χ3n) is 5.64. The number of hydrogen-bond acceptors (Lipinski definition) is 3. The van der Waals surface area contributed by atoms with E-state index in [1.807, 2.05) is 46.1 Å². The normalized spacial score (nSPS) is 21.3. The number of nitrogens with zero attached hydrogens (tertiary/aromatic N) is 3. The third kappa shape index (κ3) is 3.04. The van der Waals surface area contributed by atoms with Gasteiger partial charge in [0.05, 0.1) is 12.5 Å². The molecule has 6 heteroatoms. The summed E-state index contributed by atoms with van der Waals surface area (Å²) in [5.41, 5.74) is 1.74.